The normalized spacial score (nSPS) is 20.2. The molecule has 1 aromatic rings. The van der Waals surface area contributed by atoms with Gasteiger partial charge in [-0.05, 0) is 51.1 Å². The molecule has 3 heterocycles. The summed E-state index contributed by atoms with van der Waals surface area (Å²) >= 11 is 0. The average Bonchev–Trinajstić information content (AvgIpc) is 2.65. The highest BCUT2D eigenvalue weighted by atomic mass is 32.2. The molecule has 2 aliphatic heterocycles. The van der Waals surface area contributed by atoms with E-state index >= 15 is 0 Å². The SMILES string of the molecule is CC1CCN(CCS(=O)(=O)c2c(F)c(F)nc(N3CCCCC3)c2F)CC1. The highest BCUT2D eigenvalue weighted by molar-refractivity contribution is 7.91. The Bertz CT molecular complexity index is 775. The fourth-order valence-corrected chi connectivity index (χ4v) is 5.13. The maximum absolute atomic E-state index is 14.9. The Morgan fingerprint density at radius 3 is 2.26 bits per heavy atom. The predicted octanol–water partition coefficient (Wildman–Crippen LogP) is 2.99. The molecule has 0 bridgehead atoms. The van der Waals surface area contributed by atoms with Crippen LogP contribution in [0.2, 0.25) is 0 Å². The van der Waals surface area contributed by atoms with Gasteiger partial charge < -0.3 is 9.80 Å². The van der Waals surface area contributed by atoms with Gasteiger partial charge in [0.2, 0.25) is 0 Å². The average molecular weight is 405 g/mol. The van der Waals surface area contributed by atoms with Crippen molar-refractivity contribution < 1.29 is 21.6 Å². The standard InChI is InChI=1S/C18H26F3N3O2S/c1-13-5-9-23(10-6-13)11-12-27(25,26)16-14(19)17(21)22-18(15(16)20)24-7-3-2-4-8-24/h13H,2-12H2,1H3. The molecule has 2 fully saturated rings. The van der Waals surface area contributed by atoms with Gasteiger partial charge in [-0.25, -0.2) is 17.2 Å². The molecular formula is C18H26F3N3O2S. The number of piperidine rings is 2. The zero-order valence-electron chi connectivity index (χ0n) is 15.6. The van der Waals surface area contributed by atoms with Crippen LogP contribution in [0.3, 0.4) is 0 Å². The van der Waals surface area contributed by atoms with Crippen molar-refractivity contribution in [2.75, 3.05) is 43.4 Å². The zero-order chi connectivity index (χ0) is 19.6. The summed E-state index contributed by atoms with van der Waals surface area (Å²) in [7, 11) is -4.32. The molecular weight excluding hydrogens is 379 g/mol. The predicted molar refractivity (Wildman–Crippen MR) is 97.1 cm³/mol. The third kappa shape index (κ3) is 4.56. The number of rotatable bonds is 5. The Kier molecular flexibility index (Phi) is 6.30. The molecule has 2 aliphatic rings. The van der Waals surface area contributed by atoms with Crippen LogP contribution in [0.5, 0.6) is 0 Å². The van der Waals surface area contributed by atoms with Crippen LogP contribution in [0.15, 0.2) is 4.90 Å². The van der Waals surface area contributed by atoms with E-state index in [1.165, 1.54) is 4.90 Å². The van der Waals surface area contributed by atoms with E-state index in [4.69, 9.17) is 0 Å². The molecule has 0 aromatic carbocycles. The third-order valence-electron chi connectivity index (χ3n) is 5.50. The number of anilines is 1. The summed E-state index contributed by atoms with van der Waals surface area (Å²) < 4.78 is 68.4. The maximum Gasteiger partial charge on any atom is 0.252 e. The first-order valence-corrected chi connectivity index (χ1v) is 11.2. The Balaban J connectivity index is 1.84. The molecule has 5 nitrogen and oxygen atoms in total. The first kappa shape index (κ1) is 20.4. The lowest BCUT2D eigenvalue weighted by atomic mass is 9.99. The van der Waals surface area contributed by atoms with Crippen molar-refractivity contribution in [1.29, 1.82) is 0 Å². The molecule has 2 saturated heterocycles. The Morgan fingerprint density at radius 2 is 1.63 bits per heavy atom. The Labute approximate surface area is 158 Å². The third-order valence-corrected chi connectivity index (χ3v) is 7.20. The van der Waals surface area contributed by atoms with E-state index < -0.39 is 43.9 Å². The molecule has 0 unspecified atom stereocenters. The molecule has 152 valence electrons. The van der Waals surface area contributed by atoms with Gasteiger partial charge in [0.1, 0.15) is 4.90 Å². The smallest absolute Gasteiger partial charge is 0.252 e. The molecule has 3 rings (SSSR count). The van der Waals surface area contributed by atoms with Crippen molar-refractivity contribution in [3.8, 4) is 0 Å². The lowest BCUT2D eigenvalue weighted by Crippen LogP contribution is -2.36. The van der Waals surface area contributed by atoms with E-state index in [0.717, 1.165) is 45.2 Å². The van der Waals surface area contributed by atoms with Crippen molar-refractivity contribution in [3.05, 3.63) is 17.6 Å². The summed E-state index contributed by atoms with van der Waals surface area (Å²) in [6.07, 6.45) is 4.43. The highest BCUT2D eigenvalue weighted by Crippen LogP contribution is 2.30. The van der Waals surface area contributed by atoms with Crippen LogP contribution >= 0.6 is 0 Å². The summed E-state index contributed by atoms with van der Waals surface area (Å²) in [5, 5.41) is 0. The molecule has 0 aliphatic carbocycles. The second-order valence-corrected chi connectivity index (χ2v) is 9.62. The Morgan fingerprint density at radius 1 is 1.00 bits per heavy atom. The molecule has 0 spiro atoms. The lowest BCUT2D eigenvalue weighted by Gasteiger charge is -2.30. The van der Waals surface area contributed by atoms with Crippen molar-refractivity contribution >= 4 is 15.7 Å². The summed E-state index contributed by atoms with van der Waals surface area (Å²) in [6, 6.07) is 0. The molecule has 27 heavy (non-hydrogen) atoms. The van der Waals surface area contributed by atoms with E-state index in [1.807, 2.05) is 4.90 Å². The molecule has 0 atom stereocenters. The molecule has 0 amide bonds. The van der Waals surface area contributed by atoms with Gasteiger partial charge in [0.05, 0.1) is 5.75 Å². The zero-order valence-corrected chi connectivity index (χ0v) is 16.4. The minimum Gasteiger partial charge on any atom is -0.354 e. The molecule has 9 heteroatoms. The fraction of sp³-hybridized carbons (Fsp3) is 0.722. The van der Waals surface area contributed by atoms with Gasteiger partial charge in [0.25, 0.3) is 5.95 Å². The molecule has 0 N–H and O–H groups in total. The second-order valence-electron chi connectivity index (χ2n) is 7.57. The van der Waals surface area contributed by atoms with Crippen LogP contribution < -0.4 is 4.90 Å². The van der Waals surface area contributed by atoms with E-state index in [-0.39, 0.29) is 6.54 Å². The number of sulfone groups is 1. The minimum absolute atomic E-state index is 0.178. The van der Waals surface area contributed by atoms with Gasteiger partial charge in [-0.3, -0.25) is 0 Å². The summed E-state index contributed by atoms with van der Waals surface area (Å²) in [5.41, 5.74) is 0. The van der Waals surface area contributed by atoms with Crippen molar-refractivity contribution in [2.45, 2.75) is 43.9 Å². The van der Waals surface area contributed by atoms with Crippen LogP contribution in [-0.2, 0) is 9.84 Å². The number of aromatic nitrogens is 1. The molecule has 0 saturated carbocycles. The lowest BCUT2D eigenvalue weighted by molar-refractivity contribution is 0.202. The number of hydrogen-bond acceptors (Lipinski definition) is 5. The second kappa shape index (κ2) is 8.34. The van der Waals surface area contributed by atoms with Gasteiger partial charge >= 0.3 is 0 Å². The van der Waals surface area contributed by atoms with Crippen molar-refractivity contribution in [2.24, 2.45) is 5.92 Å². The monoisotopic (exact) mass is 405 g/mol. The van der Waals surface area contributed by atoms with E-state index in [9.17, 15) is 21.6 Å². The molecule has 1 aromatic heterocycles. The largest absolute Gasteiger partial charge is 0.354 e. The van der Waals surface area contributed by atoms with Crippen LogP contribution in [0.25, 0.3) is 0 Å². The number of halogens is 3. The van der Waals surface area contributed by atoms with Gasteiger partial charge in [-0.1, -0.05) is 6.92 Å². The van der Waals surface area contributed by atoms with Crippen molar-refractivity contribution in [1.82, 2.24) is 9.88 Å². The molecule has 0 radical (unpaired) electrons. The topological polar surface area (TPSA) is 53.5 Å². The van der Waals surface area contributed by atoms with Gasteiger partial charge in [0, 0.05) is 19.6 Å². The summed E-state index contributed by atoms with van der Waals surface area (Å²) in [5.74, 6) is -4.82. The van der Waals surface area contributed by atoms with Gasteiger partial charge in [-0.2, -0.15) is 9.37 Å². The van der Waals surface area contributed by atoms with Gasteiger partial charge in [0.15, 0.2) is 27.3 Å². The summed E-state index contributed by atoms with van der Waals surface area (Å²) in [4.78, 5) is 5.64. The fourth-order valence-electron chi connectivity index (χ4n) is 3.71. The van der Waals surface area contributed by atoms with Gasteiger partial charge in [-0.15, -0.1) is 0 Å². The number of hydrogen-bond donors (Lipinski definition) is 0. The summed E-state index contributed by atoms with van der Waals surface area (Å²) in [6.45, 7) is 4.72. The van der Waals surface area contributed by atoms with Crippen LogP contribution in [-0.4, -0.2) is 56.8 Å². The van der Waals surface area contributed by atoms with Crippen molar-refractivity contribution in [3.63, 3.8) is 0 Å². The first-order valence-electron chi connectivity index (χ1n) is 9.54. The van der Waals surface area contributed by atoms with E-state index in [1.54, 1.807) is 0 Å². The maximum atomic E-state index is 14.9. The number of likely N-dealkylation sites (tertiary alicyclic amines) is 1. The van der Waals surface area contributed by atoms with Crippen LogP contribution in [0.1, 0.15) is 39.0 Å². The highest BCUT2D eigenvalue weighted by Gasteiger charge is 2.33. The number of nitrogens with zero attached hydrogens (tertiary/aromatic N) is 3. The van der Waals surface area contributed by atoms with E-state index in [0.29, 0.717) is 19.0 Å². The van der Waals surface area contributed by atoms with Crippen LogP contribution in [0, 0.1) is 23.5 Å². The number of pyridine rings is 1. The van der Waals surface area contributed by atoms with E-state index in [2.05, 4.69) is 11.9 Å². The quantitative estimate of drug-likeness (QED) is 0.705. The van der Waals surface area contributed by atoms with Crippen LogP contribution in [0.4, 0.5) is 19.0 Å². The minimum atomic E-state index is -4.32. The first-order chi connectivity index (χ1) is 12.8. The Hall–Kier alpha value is -1.35.